The quantitative estimate of drug-likeness (QED) is 0.127. The van der Waals surface area contributed by atoms with Crippen LogP contribution in [0.25, 0.3) is 6.08 Å². The molecule has 42 heavy (non-hydrogen) atoms. The van der Waals surface area contributed by atoms with Crippen LogP contribution in [0.5, 0.6) is 0 Å². The SMILES string of the molecule is CC(Sc1ccc(NC(=O)/C(=C/c2c(F)cccc2Cl)NC(=O)c2ccccc2)cc1)C(=O)Nc1ccc(Cl)cc1Cl. The number of rotatable bonds is 9. The lowest BCUT2D eigenvalue weighted by Gasteiger charge is -2.14. The second-order valence-electron chi connectivity index (χ2n) is 8.87. The Morgan fingerprint density at radius 3 is 2.21 bits per heavy atom. The van der Waals surface area contributed by atoms with Gasteiger partial charge in [-0.2, -0.15) is 0 Å². The summed E-state index contributed by atoms with van der Waals surface area (Å²) in [5, 5.41) is 8.44. The van der Waals surface area contributed by atoms with Crippen molar-refractivity contribution in [1.29, 1.82) is 0 Å². The molecule has 0 heterocycles. The van der Waals surface area contributed by atoms with Gasteiger partial charge in [-0.15, -0.1) is 11.8 Å². The van der Waals surface area contributed by atoms with Crippen LogP contribution < -0.4 is 16.0 Å². The third kappa shape index (κ3) is 8.36. The number of nitrogens with one attached hydrogen (secondary N) is 3. The zero-order chi connectivity index (χ0) is 30.2. The van der Waals surface area contributed by atoms with Crippen molar-refractivity contribution < 1.29 is 18.8 Å². The second-order valence-corrected chi connectivity index (χ2v) is 11.5. The average Bonchev–Trinajstić information content (AvgIpc) is 2.97. The summed E-state index contributed by atoms with van der Waals surface area (Å²) in [6, 6.07) is 24.0. The molecule has 0 bridgehead atoms. The topological polar surface area (TPSA) is 87.3 Å². The number of anilines is 2. The van der Waals surface area contributed by atoms with Gasteiger partial charge in [-0.3, -0.25) is 14.4 Å². The normalized spacial score (nSPS) is 11.9. The molecular weight excluding hydrogens is 620 g/mol. The van der Waals surface area contributed by atoms with Crippen molar-refractivity contribution in [3.63, 3.8) is 0 Å². The van der Waals surface area contributed by atoms with Crippen molar-refractivity contribution in [2.45, 2.75) is 17.1 Å². The number of benzene rings is 4. The van der Waals surface area contributed by atoms with Crippen molar-refractivity contribution in [2.75, 3.05) is 10.6 Å². The van der Waals surface area contributed by atoms with Crippen LogP contribution in [0.4, 0.5) is 15.8 Å². The molecule has 0 aliphatic rings. The Labute approximate surface area is 261 Å². The van der Waals surface area contributed by atoms with Gasteiger partial charge < -0.3 is 16.0 Å². The first-order chi connectivity index (χ1) is 20.1. The molecule has 11 heteroatoms. The molecule has 0 aliphatic heterocycles. The predicted octanol–water partition coefficient (Wildman–Crippen LogP) is 8.31. The lowest BCUT2D eigenvalue weighted by Crippen LogP contribution is -2.30. The van der Waals surface area contributed by atoms with Crippen LogP contribution in [0, 0.1) is 5.82 Å². The highest BCUT2D eigenvalue weighted by atomic mass is 35.5. The molecule has 4 aromatic rings. The molecule has 0 aliphatic carbocycles. The number of amides is 3. The number of halogens is 4. The van der Waals surface area contributed by atoms with Gasteiger partial charge in [0, 0.05) is 26.7 Å². The van der Waals surface area contributed by atoms with Gasteiger partial charge in [-0.05, 0) is 79.7 Å². The van der Waals surface area contributed by atoms with E-state index in [1.54, 1.807) is 79.7 Å². The number of thioether (sulfide) groups is 1. The monoisotopic (exact) mass is 641 g/mol. The minimum Gasteiger partial charge on any atom is -0.324 e. The Bertz CT molecular complexity index is 1630. The van der Waals surface area contributed by atoms with Crippen LogP contribution in [0.2, 0.25) is 15.1 Å². The van der Waals surface area contributed by atoms with Gasteiger partial charge in [0.05, 0.1) is 21.0 Å². The fourth-order valence-corrected chi connectivity index (χ4v) is 5.17. The van der Waals surface area contributed by atoms with E-state index < -0.39 is 22.9 Å². The first kappa shape index (κ1) is 31.1. The molecule has 4 aromatic carbocycles. The molecule has 0 saturated carbocycles. The summed E-state index contributed by atoms with van der Waals surface area (Å²) in [5.74, 6) is -2.15. The summed E-state index contributed by atoms with van der Waals surface area (Å²) in [6.45, 7) is 1.75. The van der Waals surface area contributed by atoms with Crippen molar-refractivity contribution >= 4 is 81.7 Å². The van der Waals surface area contributed by atoms with Crippen LogP contribution in [0.3, 0.4) is 0 Å². The molecule has 1 atom stereocenters. The molecule has 0 radical (unpaired) electrons. The van der Waals surface area contributed by atoms with Gasteiger partial charge >= 0.3 is 0 Å². The molecule has 1 unspecified atom stereocenters. The standard InChI is InChI=1S/C31H23Cl3FN3O3S/c1-18(29(39)37-27-15-10-20(32)16-25(27)34)42-22-13-11-21(12-14-22)36-31(41)28(17-23-24(33)8-5-9-26(23)35)38-30(40)19-6-3-2-4-7-19/h2-18H,1H3,(H,36,41)(H,37,39)(H,38,40)/b28-17-. The summed E-state index contributed by atoms with van der Waals surface area (Å²) in [5.41, 5.74) is 0.927. The molecule has 0 fully saturated rings. The molecular formula is C31H23Cl3FN3O3S. The van der Waals surface area contributed by atoms with Gasteiger partial charge in [0.25, 0.3) is 11.8 Å². The Morgan fingerprint density at radius 1 is 0.833 bits per heavy atom. The van der Waals surface area contributed by atoms with E-state index in [4.69, 9.17) is 34.8 Å². The number of hydrogen-bond donors (Lipinski definition) is 3. The minimum atomic E-state index is -0.688. The Hall–Kier alpha value is -3.82. The molecule has 0 aromatic heterocycles. The van der Waals surface area contributed by atoms with Crippen molar-refractivity contribution in [1.82, 2.24) is 5.32 Å². The Kier molecular flexibility index (Phi) is 10.7. The lowest BCUT2D eigenvalue weighted by molar-refractivity contribution is -0.115. The van der Waals surface area contributed by atoms with Gasteiger partial charge in [-0.25, -0.2) is 4.39 Å². The van der Waals surface area contributed by atoms with E-state index in [0.717, 1.165) is 4.90 Å². The fourth-order valence-electron chi connectivity index (χ4n) is 3.63. The molecule has 0 saturated heterocycles. The predicted molar refractivity (Wildman–Crippen MR) is 169 cm³/mol. The minimum absolute atomic E-state index is 0.0448. The third-order valence-electron chi connectivity index (χ3n) is 5.80. The summed E-state index contributed by atoms with van der Waals surface area (Å²) < 4.78 is 14.5. The van der Waals surface area contributed by atoms with Gasteiger partial charge in [0.15, 0.2) is 0 Å². The zero-order valence-electron chi connectivity index (χ0n) is 22.0. The lowest BCUT2D eigenvalue weighted by atomic mass is 10.1. The van der Waals surface area contributed by atoms with Crippen molar-refractivity contribution in [3.8, 4) is 0 Å². The first-order valence-corrected chi connectivity index (χ1v) is 14.5. The van der Waals surface area contributed by atoms with Crippen LogP contribution >= 0.6 is 46.6 Å². The maximum absolute atomic E-state index is 14.5. The maximum atomic E-state index is 14.5. The Balaban J connectivity index is 1.46. The van der Waals surface area contributed by atoms with E-state index >= 15 is 0 Å². The van der Waals surface area contributed by atoms with Crippen LogP contribution in [-0.4, -0.2) is 23.0 Å². The van der Waals surface area contributed by atoms with Gasteiger partial charge in [-0.1, -0.05) is 59.1 Å². The van der Waals surface area contributed by atoms with E-state index in [2.05, 4.69) is 16.0 Å². The summed E-state index contributed by atoms with van der Waals surface area (Å²) in [6.07, 6.45) is 1.19. The number of carbonyl (C=O) groups is 3. The van der Waals surface area contributed by atoms with Crippen molar-refractivity contribution in [3.05, 3.63) is 129 Å². The summed E-state index contributed by atoms with van der Waals surface area (Å²) >= 11 is 19.5. The highest BCUT2D eigenvalue weighted by molar-refractivity contribution is 8.00. The average molecular weight is 643 g/mol. The molecule has 3 N–H and O–H groups in total. The molecule has 6 nitrogen and oxygen atoms in total. The van der Waals surface area contributed by atoms with Gasteiger partial charge in [0.2, 0.25) is 5.91 Å². The second kappa shape index (κ2) is 14.4. The third-order valence-corrected chi connectivity index (χ3v) is 7.79. The smallest absolute Gasteiger partial charge is 0.272 e. The largest absolute Gasteiger partial charge is 0.324 e. The van der Waals surface area contributed by atoms with E-state index in [0.29, 0.717) is 27.0 Å². The molecule has 3 amide bonds. The first-order valence-electron chi connectivity index (χ1n) is 12.5. The van der Waals surface area contributed by atoms with E-state index in [-0.39, 0.29) is 22.2 Å². The highest BCUT2D eigenvalue weighted by Gasteiger charge is 2.18. The summed E-state index contributed by atoms with van der Waals surface area (Å²) in [7, 11) is 0. The molecule has 0 spiro atoms. The highest BCUT2D eigenvalue weighted by Crippen LogP contribution is 2.29. The fraction of sp³-hybridized carbons (Fsp3) is 0.0645. The maximum Gasteiger partial charge on any atom is 0.272 e. The molecule has 214 valence electrons. The van der Waals surface area contributed by atoms with E-state index in [1.165, 1.54) is 36.0 Å². The Morgan fingerprint density at radius 2 is 1.55 bits per heavy atom. The van der Waals surface area contributed by atoms with Crippen molar-refractivity contribution in [2.24, 2.45) is 0 Å². The molecule has 4 rings (SSSR count). The number of hydrogen-bond acceptors (Lipinski definition) is 4. The number of carbonyl (C=O) groups excluding carboxylic acids is 3. The van der Waals surface area contributed by atoms with E-state index in [9.17, 15) is 18.8 Å². The van der Waals surface area contributed by atoms with E-state index in [1.807, 2.05) is 0 Å². The van der Waals surface area contributed by atoms with Crippen LogP contribution in [-0.2, 0) is 9.59 Å². The van der Waals surface area contributed by atoms with Crippen LogP contribution in [0.1, 0.15) is 22.8 Å². The summed E-state index contributed by atoms with van der Waals surface area (Å²) in [4.78, 5) is 39.5. The zero-order valence-corrected chi connectivity index (χ0v) is 25.0. The van der Waals surface area contributed by atoms with Crippen LogP contribution in [0.15, 0.2) is 102 Å². The van der Waals surface area contributed by atoms with Gasteiger partial charge in [0.1, 0.15) is 11.5 Å².